The predicted molar refractivity (Wildman–Crippen MR) is 121 cm³/mol. The van der Waals surface area contributed by atoms with E-state index >= 15 is 4.39 Å². The molecule has 0 aliphatic heterocycles. The maximum Gasteiger partial charge on any atom is 0.140 e. The molecule has 28 heavy (non-hydrogen) atoms. The second-order valence-electron chi connectivity index (χ2n) is 7.13. The standard InChI is InChI=1S/C25H33FN2/c1-7-12-23(17(4)8-2)28-18(5)20-13-10-15-22(25(20)26)21-14-11-16-24(27-6)19(21)9-3/h10-11,13-16,27H,7-9,12H2,1-6H3/b23-17+,28-18?. The summed E-state index contributed by atoms with van der Waals surface area (Å²) in [5.41, 5.74) is 7.41. The summed E-state index contributed by atoms with van der Waals surface area (Å²) >= 11 is 0. The zero-order chi connectivity index (χ0) is 20.7. The number of anilines is 1. The third kappa shape index (κ3) is 4.70. The van der Waals surface area contributed by atoms with E-state index in [0.717, 1.165) is 53.9 Å². The molecule has 0 saturated carbocycles. The fraction of sp³-hybridized carbons (Fsp3) is 0.400. The molecule has 0 fully saturated rings. The van der Waals surface area contributed by atoms with Crippen LogP contribution in [0.2, 0.25) is 0 Å². The summed E-state index contributed by atoms with van der Waals surface area (Å²) in [6, 6.07) is 11.6. The van der Waals surface area contributed by atoms with E-state index in [1.165, 1.54) is 5.57 Å². The Morgan fingerprint density at radius 2 is 1.68 bits per heavy atom. The summed E-state index contributed by atoms with van der Waals surface area (Å²) in [7, 11) is 1.90. The number of rotatable bonds is 8. The number of nitrogens with one attached hydrogen (secondary N) is 1. The van der Waals surface area contributed by atoms with Crippen LogP contribution in [-0.4, -0.2) is 12.8 Å². The number of allylic oxidation sites excluding steroid dienone is 2. The number of hydrogen-bond donors (Lipinski definition) is 1. The molecule has 0 unspecified atom stereocenters. The quantitative estimate of drug-likeness (QED) is 0.474. The van der Waals surface area contributed by atoms with Crippen LogP contribution in [0.4, 0.5) is 10.1 Å². The predicted octanol–water partition coefficient (Wildman–Crippen LogP) is 7.39. The molecular weight excluding hydrogens is 347 g/mol. The van der Waals surface area contributed by atoms with Crippen LogP contribution in [0.5, 0.6) is 0 Å². The summed E-state index contributed by atoms with van der Waals surface area (Å²) in [5.74, 6) is -0.197. The van der Waals surface area contributed by atoms with Gasteiger partial charge in [-0.05, 0) is 50.3 Å². The van der Waals surface area contributed by atoms with Crippen molar-refractivity contribution in [3.8, 4) is 11.1 Å². The normalized spacial score (nSPS) is 12.8. The van der Waals surface area contributed by atoms with Crippen molar-refractivity contribution in [3.63, 3.8) is 0 Å². The highest BCUT2D eigenvalue weighted by Gasteiger charge is 2.16. The summed E-state index contributed by atoms with van der Waals surface area (Å²) in [4.78, 5) is 4.82. The monoisotopic (exact) mass is 380 g/mol. The Kier molecular flexibility index (Phi) is 7.98. The summed E-state index contributed by atoms with van der Waals surface area (Å²) < 4.78 is 15.6. The molecule has 0 heterocycles. The number of benzene rings is 2. The van der Waals surface area contributed by atoms with Gasteiger partial charge >= 0.3 is 0 Å². The van der Waals surface area contributed by atoms with Gasteiger partial charge in [0.2, 0.25) is 0 Å². The number of aliphatic imine (C=N–C) groups is 1. The van der Waals surface area contributed by atoms with Gasteiger partial charge in [0.15, 0.2) is 0 Å². The fourth-order valence-electron chi connectivity index (χ4n) is 3.54. The maximum atomic E-state index is 15.6. The van der Waals surface area contributed by atoms with Gasteiger partial charge in [-0.15, -0.1) is 0 Å². The highest BCUT2D eigenvalue weighted by molar-refractivity contribution is 6.00. The van der Waals surface area contributed by atoms with Crippen LogP contribution in [0.25, 0.3) is 11.1 Å². The zero-order valence-corrected chi connectivity index (χ0v) is 18.1. The van der Waals surface area contributed by atoms with Crippen molar-refractivity contribution in [2.24, 2.45) is 4.99 Å². The molecule has 0 spiro atoms. The van der Waals surface area contributed by atoms with E-state index in [0.29, 0.717) is 11.1 Å². The SMILES string of the molecule is CCC/C(N=C(C)c1cccc(-c2cccc(NC)c2CC)c1F)=C(/C)CC. The van der Waals surface area contributed by atoms with Crippen LogP contribution < -0.4 is 5.32 Å². The summed E-state index contributed by atoms with van der Waals surface area (Å²) in [5, 5.41) is 3.22. The molecule has 150 valence electrons. The maximum absolute atomic E-state index is 15.6. The largest absolute Gasteiger partial charge is 0.388 e. The third-order valence-corrected chi connectivity index (χ3v) is 5.29. The lowest BCUT2D eigenvalue weighted by atomic mass is 9.94. The van der Waals surface area contributed by atoms with Crippen LogP contribution in [0.3, 0.4) is 0 Å². The van der Waals surface area contributed by atoms with Gasteiger partial charge in [-0.2, -0.15) is 0 Å². The van der Waals surface area contributed by atoms with E-state index in [1.807, 2.05) is 50.4 Å². The van der Waals surface area contributed by atoms with Crippen molar-refractivity contribution >= 4 is 11.4 Å². The molecular formula is C25H33FN2. The Morgan fingerprint density at radius 3 is 2.29 bits per heavy atom. The molecule has 1 N–H and O–H groups in total. The lowest BCUT2D eigenvalue weighted by Crippen LogP contribution is -2.04. The number of nitrogens with zero attached hydrogens (tertiary/aromatic N) is 1. The summed E-state index contributed by atoms with van der Waals surface area (Å²) in [6.45, 7) is 10.4. The van der Waals surface area contributed by atoms with E-state index in [1.54, 1.807) is 0 Å². The Bertz CT molecular complexity index is 878. The molecule has 2 aromatic rings. The molecule has 3 heteroatoms. The zero-order valence-electron chi connectivity index (χ0n) is 18.1. The first-order valence-electron chi connectivity index (χ1n) is 10.3. The molecule has 0 saturated heterocycles. The first-order chi connectivity index (χ1) is 13.5. The highest BCUT2D eigenvalue weighted by Crippen LogP contribution is 2.33. The van der Waals surface area contributed by atoms with Crippen molar-refractivity contribution in [2.45, 2.75) is 60.3 Å². The van der Waals surface area contributed by atoms with Crippen molar-refractivity contribution < 1.29 is 4.39 Å². The van der Waals surface area contributed by atoms with E-state index in [4.69, 9.17) is 4.99 Å². The van der Waals surface area contributed by atoms with Crippen molar-refractivity contribution in [1.29, 1.82) is 0 Å². The Hall–Kier alpha value is -2.42. The second kappa shape index (κ2) is 10.2. The molecule has 0 amide bonds. The minimum Gasteiger partial charge on any atom is -0.388 e. The van der Waals surface area contributed by atoms with Gasteiger partial charge in [-0.25, -0.2) is 4.39 Å². The van der Waals surface area contributed by atoms with Crippen LogP contribution >= 0.6 is 0 Å². The van der Waals surface area contributed by atoms with E-state index < -0.39 is 0 Å². The lowest BCUT2D eigenvalue weighted by molar-refractivity contribution is 0.628. The average Bonchev–Trinajstić information content (AvgIpc) is 2.72. The molecule has 0 radical (unpaired) electrons. The molecule has 0 atom stereocenters. The highest BCUT2D eigenvalue weighted by atomic mass is 19.1. The van der Waals surface area contributed by atoms with Gasteiger partial charge in [0.1, 0.15) is 5.82 Å². The smallest absolute Gasteiger partial charge is 0.140 e. The van der Waals surface area contributed by atoms with E-state index in [2.05, 4.69) is 33.0 Å². The molecule has 0 aliphatic carbocycles. The number of hydrogen-bond acceptors (Lipinski definition) is 2. The molecule has 0 bridgehead atoms. The minimum atomic E-state index is -0.197. The van der Waals surface area contributed by atoms with Crippen LogP contribution in [0.15, 0.2) is 52.7 Å². The molecule has 2 nitrogen and oxygen atoms in total. The van der Waals surface area contributed by atoms with E-state index in [9.17, 15) is 0 Å². The lowest BCUT2D eigenvalue weighted by Gasteiger charge is -2.16. The average molecular weight is 381 g/mol. The van der Waals surface area contributed by atoms with Gasteiger partial charge in [0.25, 0.3) is 0 Å². The van der Waals surface area contributed by atoms with Crippen molar-refractivity contribution in [1.82, 2.24) is 0 Å². The van der Waals surface area contributed by atoms with Gasteiger partial charge < -0.3 is 5.32 Å². The van der Waals surface area contributed by atoms with Crippen LogP contribution in [-0.2, 0) is 6.42 Å². The Balaban J connectivity index is 2.59. The van der Waals surface area contributed by atoms with Gasteiger partial charge in [-0.1, -0.05) is 63.1 Å². The second-order valence-corrected chi connectivity index (χ2v) is 7.13. The molecule has 0 aliphatic rings. The molecule has 0 aromatic heterocycles. The molecule has 2 aromatic carbocycles. The summed E-state index contributed by atoms with van der Waals surface area (Å²) in [6.07, 6.45) is 3.75. The first kappa shape index (κ1) is 21.9. The Morgan fingerprint density at radius 1 is 1.00 bits per heavy atom. The molecule has 2 rings (SSSR count). The van der Waals surface area contributed by atoms with E-state index in [-0.39, 0.29) is 5.82 Å². The Labute approximate surface area is 169 Å². The van der Waals surface area contributed by atoms with Crippen LogP contribution in [0.1, 0.15) is 65.0 Å². The first-order valence-corrected chi connectivity index (χ1v) is 10.3. The van der Waals surface area contributed by atoms with Crippen molar-refractivity contribution in [3.05, 3.63) is 64.6 Å². The topological polar surface area (TPSA) is 24.4 Å². The van der Waals surface area contributed by atoms with Crippen LogP contribution in [0, 0.1) is 5.82 Å². The fourth-order valence-corrected chi connectivity index (χ4v) is 3.54. The van der Waals surface area contributed by atoms with Crippen molar-refractivity contribution in [2.75, 3.05) is 12.4 Å². The number of halogens is 1. The van der Waals surface area contributed by atoms with Gasteiger partial charge in [0.05, 0.1) is 0 Å². The minimum absolute atomic E-state index is 0.197. The van der Waals surface area contributed by atoms with Gasteiger partial charge in [0, 0.05) is 35.3 Å². The third-order valence-electron chi connectivity index (χ3n) is 5.29. The van der Waals surface area contributed by atoms with Gasteiger partial charge in [-0.3, -0.25) is 4.99 Å².